The summed E-state index contributed by atoms with van der Waals surface area (Å²) in [6, 6.07) is 17.4. The van der Waals surface area contributed by atoms with Gasteiger partial charge in [-0.15, -0.1) is 0 Å². The van der Waals surface area contributed by atoms with Crippen molar-refractivity contribution in [2.75, 3.05) is 6.54 Å². The van der Waals surface area contributed by atoms with Crippen LogP contribution < -0.4 is 5.32 Å². The molecule has 1 unspecified atom stereocenters. The van der Waals surface area contributed by atoms with Crippen molar-refractivity contribution in [2.45, 2.75) is 59.0 Å². The van der Waals surface area contributed by atoms with Crippen molar-refractivity contribution in [3.63, 3.8) is 0 Å². The molecule has 0 saturated heterocycles. The molecule has 2 aromatic carbocycles. The van der Waals surface area contributed by atoms with Crippen LogP contribution in [0.15, 0.2) is 54.6 Å². The third kappa shape index (κ3) is 6.52. The predicted octanol–water partition coefficient (Wildman–Crippen LogP) is 4.26. The van der Waals surface area contributed by atoms with Gasteiger partial charge in [-0.2, -0.15) is 0 Å². The fraction of sp³-hybridized carbons (Fsp3) is 0.417. The number of aryl methyl sites for hydroxylation is 1. The molecule has 28 heavy (non-hydrogen) atoms. The second-order valence-electron chi connectivity index (χ2n) is 7.24. The first-order valence-corrected chi connectivity index (χ1v) is 10.2. The molecule has 0 aromatic heterocycles. The van der Waals surface area contributed by atoms with E-state index in [0.717, 1.165) is 29.5 Å². The first-order chi connectivity index (χ1) is 13.5. The summed E-state index contributed by atoms with van der Waals surface area (Å²) in [6.45, 7) is 7.16. The Morgan fingerprint density at radius 2 is 1.71 bits per heavy atom. The van der Waals surface area contributed by atoms with Gasteiger partial charge < -0.3 is 10.2 Å². The van der Waals surface area contributed by atoms with Crippen LogP contribution in [0.25, 0.3) is 0 Å². The van der Waals surface area contributed by atoms with Gasteiger partial charge in [0.25, 0.3) is 0 Å². The summed E-state index contributed by atoms with van der Waals surface area (Å²) < 4.78 is 0. The van der Waals surface area contributed by atoms with Crippen LogP contribution >= 0.6 is 0 Å². The lowest BCUT2D eigenvalue weighted by Gasteiger charge is -2.31. The van der Waals surface area contributed by atoms with Crippen LogP contribution in [0.3, 0.4) is 0 Å². The Bertz CT molecular complexity index is 758. The summed E-state index contributed by atoms with van der Waals surface area (Å²) in [4.78, 5) is 27.7. The number of nitrogens with one attached hydrogen (secondary N) is 1. The number of benzene rings is 2. The van der Waals surface area contributed by atoms with Crippen LogP contribution in [0.5, 0.6) is 0 Å². The molecule has 0 fully saturated rings. The zero-order valence-electron chi connectivity index (χ0n) is 17.3. The van der Waals surface area contributed by atoms with E-state index >= 15 is 0 Å². The Kier molecular flexibility index (Phi) is 8.73. The minimum Gasteiger partial charge on any atom is -0.354 e. The van der Waals surface area contributed by atoms with Gasteiger partial charge in [-0.25, -0.2) is 0 Å². The Morgan fingerprint density at radius 3 is 2.36 bits per heavy atom. The molecule has 0 spiro atoms. The van der Waals surface area contributed by atoms with Gasteiger partial charge in [0.15, 0.2) is 0 Å². The zero-order chi connectivity index (χ0) is 20.4. The highest BCUT2D eigenvalue weighted by Gasteiger charge is 2.28. The molecule has 150 valence electrons. The highest BCUT2D eigenvalue weighted by Crippen LogP contribution is 2.15. The summed E-state index contributed by atoms with van der Waals surface area (Å²) in [6.07, 6.45) is 2.85. The third-order valence-corrected chi connectivity index (χ3v) is 4.85. The van der Waals surface area contributed by atoms with Crippen LogP contribution in [0.4, 0.5) is 0 Å². The average molecular weight is 381 g/mol. The van der Waals surface area contributed by atoms with Gasteiger partial charge in [-0.1, -0.05) is 80.4 Å². The van der Waals surface area contributed by atoms with Gasteiger partial charge in [0.1, 0.15) is 6.04 Å². The van der Waals surface area contributed by atoms with Crippen LogP contribution in [-0.2, 0) is 22.6 Å². The molecule has 1 atom stereocenters. The molecule has 0 aliphatic heterocycles. The average Bonchev–Trinajstić information content (AvgIpc) is 2.69. The largest absolute Gasteiger partial charge is 0.354 e. The topological polar surface area (TPSA) is 49.4 Å². The minimum absolute atomic E-state index is 0.0213. The Hall–Kier alpha value is -2.62. The molecular weight excluding hydrogens is 348 g/mol. The van der Waals surface area contributed by atoms with Gasteiger partial charge in [0.05, 0.1) is 6.42 Å². The van der Waals surface area contributed by atoms with Crippen LogP contribution in [0.2, 0.25) is 0 Å². The molecule has 2 rings (SSSR count). The van der Waals surface area contributed by atoms with Crippen molar-refractivity contribution in [2.24, 2.45) is 0 Å². The number of hydrogen-bond acceptors (Lipinski definition) is 2. The van der Waals surface area contributed by atoms with E-state index in [1.54, 1.807) is 4.90 Å². The highest BCUT2D eigenvalue weighted by atomic mass is 16.2. The summed E-state index contributed by atoms with van der Waals surface area (Å²) in [5.41, 5.74) is 3.13. The Balaban J connectivity index is 2.21. The van der Waals surface area contributed by atoms with Crippen LogP contribution in [0, 0.1) is 6.92 Å². The molecule has 0 bridgehead atoms. The van der Waals surface area contributed by atoms with Crippen molar-refractivity contribution in [1.82, 2.24) is 10.2 Å². The Morgan fingerprint density at radius 1 is 1.00 bits per heavy atom. The number of unbranched alkanes of at least 4 members (excludes halogenated alkanes) is 1. The first kappa shape index (κ1) is 21.7. The van der Waals surface area contributed by atoms with Crippen LogP contribution in [0.1, 0.15) is 49.8 Å². The molecule has 0 heterocycles. The van der Waals surface area contributed by atoms with Crippen molar-refractivity contribution in [1.29, 1.82) is 0 Å². The maximum Gasteiger partial charge on any atom is 0.242 e. The maximum atomic E-state index is 13.2. The molecule has 2 aromatic rings. The molecule has 4 nitrogen and oxygen atoms in total. The van der Waals surface area contributed by atoms with Crippen molar-refractivity contribution in [3.05, 3.63) is 71.3 Å². The maximum absolute atomic E-state index is 13.2. The summed E-state index contributed by atoms with van der Waals surface area (Å²) in [5.74, 6) is -0.0867. The molecule has 0 aliphatic carbocycles. The lowest BCUT2D eigenvalue weighted by atomic mass is 10.1. The number of amides is 2. The minimum atomic E-state index is -0.464. The van der Waals surface area contributed by atoms with Gasteiger partial charge in [-0.3, -0.25) is 9.59 Å². The molecule has 2 amide bonds. The lowest BCUT2D eigenvalue weighted by Crippen LogP contribution is -2.49. The first-order valence-electron chi connectivity index (χ1n) is 10.2. The van der Waals surface area contributed by atoms with E-state index in [2.05, 4.69) is 12.2 Å². The van der Waals surface area contributed by atoms with Crippen LogP contribution in [-0.4, -0.2) is 29.3 Å². The predicted molar refractivity (Wildman–Crippen MR) is 114 cm³/mol. The smallest absolute Gasteiger partial charge is 0.242 e. The summed E-state index contributed by atoms with van der Waals surface area (Å²) in [5, 5.41) is 3.00. The molecule has 0 aliphatic rings. The third-order valence-electron chi connectivity index (χ3n) is 4.85. The summed E-state index contributed by atoms with van der Waals surface area (Å²) in [7, 11) is 0. The van der Waals surface area contributed by atoms with E-state index in [0.29, 0.717) is 25.9 Å². The zero-order valence-corrected chi connectivity index (χ0v) is 17.3. The second kappa shape index (κ2) is 11.3. The van der Waals surface area contributed by atoms with E-state index in [4.69, 9.17) is 0 Å². The highest BCUT2D eigenvalue weighted by molar-refractivity contribution is 5.88. The SMILES string of the molecule is CCCCNC(=O)C(CC)N(Cc1ccccc1)C(=O)Cc1cccc(C)c1. The monoisotopic (exact) mass is 380 g/mol. The molecule has 0 saturated carbocycles. The number of nitrogens with zero attached hydrogens (tertiary/aromatic N) is 1. The standard InChI is InChI=1S/C24H32N2O2/c1-4-6-15-25-24(28)22(5-2)26(18-20-12-8-7-9-13-20)23(27)17-21-14-10-11-19(3)16-21/h7-14,16,22H,4-6,15,17-18H2,1-3H3,(H,25,28). The number of hydrogen-bond donors (Lipinski definition) is 1. The van der Waals surface area contributed by atoms with E-state index in [9.17, 15) is 9.59 Å². The summed E-state index contributed by atoms with van der Waals surface area (Å²) >= 11 is 0. The fourth-order valence-corrected chi connectivity index (χ4v) is 3.30. The second-order valence-corrected chi connectivity index (χ2v) is 7.24. The quantitative estimate of drug-likeness (QED) is 0.626. The van der Waals surface area contributed by atoms with E-state index in [-0.39, 0.29) is 11.8 Å². The fourth-order valence-electron chi connectivity index (χ4n) is 3.30. The van der Waals surface area contributed by atoms with Crippen molar-refractivity contribution >= 4 is 11.8 Å². The van der Waals surface area contributed by atoms with Gasteiger partial charge in [0, 0.05) is 13.1 Å². The van der Waals surface area contributed by atoms with Gasteiger partial charge >= 0.3 is 0 Å². The van der Waals surface area contributed by atoms with Gasteiger partial charge in [-0.05, 0) is 30.9 Å². The molecular formula is C24H32N2O2. The Labute approximate surface area is 169 Å². The van der Waals surface area contributed by atoms with E-state index in [1.165, 1.54) is 0 Å². The van der Waals surface area contributed by atoms with E-state index < -0.39 is 6.04 Å². The van der Waals surface area contributed by atoms with Crippen molar-refractivity contribution in [3.8, 4) is 0 Å². The van der Waals surface area contributed by atoms with Crippen molar-refractivity contribution < 1.29 is 9.59 Å². The molecule has 0 radical (unpaired) electrons. The number of carbonyl (C=O) groups excluding carboxylic acids is 2. The van der Waals surface area contributed by atoms with E-state index in [1.807, 2.05) is 68.4 Å². The lowest BCUT2D eigenvalue weighted by molar-refractivity contribution is -0.140. The number of rotatable bonds is 10. The molecule has 4 heteroatoms. The van der Waals surface area contributed by atoms with Gasteiger partial charge in [0.2, 0.25) is 11.8 Å². The molecule has 1 N–H and O–H groups in total. The number of carbonyl (C=O) groups is 2. The normalized spacial score (nSPS) is 11.7.